The van der Waals surface area contributed by atoms with Crippen LogP contribution in [-0.4, -0.2) is 29.3 Å². The number of carbonyl (C=O) groups is 1. The van der Waals surface area contributed by atoms with E-state index in [4.69, 9.17) is 0 Å². The molecule has 0 amide bonds. The molecule has 0 aromatic heterocycles. The zero-order valence-electron chi connectivity index (χ0n) is 11.3. The van der Waals surface area contributed by atoms with Crippen molar-refractivity contribution in [1.82, 2.24) is 4.90 Å². The van der Waals surface area contributed by atoms with Gasteiger partial charge in [-0.15, -0.1) is 0 Å². The first-order valence-corrected chi connectivity index (χ1v) is 7.60. The molecule has 0 radical (unpaired) electrons. The van der Waals surface area contributed by atoms with Crippen LogP contribution < -0.4 is 0 Å². The van der Waals surface area contributed by atoms with Crippen LogP contribution in [0.25, 0.3) is 0 Å². The molecule has 1 aromatic carbocycles. The third-order valence-electron chi connectivity index (χ3n) is 5.42. The molecule has 1 aromatic rings. The van der Waals surface area contributed by atoms with Crippen LogP contribution in [0.2, 0.25) is 0 Å². The minimum Gasteiger partial charge on any atom is -0.300 e. The Hall–Kier alpha value is -1.15. The second kappa shape index (κ2) is 4.17. The van der Waals surface area contributed by atoms with E-state index in [-0.39, 0.29) is 0 Å². The molecule has 2 heterocycles. The van der Waals surface area contributed by atoms with Crippen LogP contribution >= 0.6 is 0 Å². The SMILES string of the molecule is O=C1CC2CCC(C1)N2CC1(c2ccccc2)CC1. The van der Waals surface area contributed by atoms with Crippen molar-refractivity contribution < 1.29 is 4.79 Å². The van der Waals surface area contributed by atoms with Gasteiger partial charge in [0.25, 0.3) is 0 Å². The number of piperidine rings is 1. The quantitative estimate of drug-likeness (QED) is 0.827. The predicted octanol–water partition coefficient (Wildman–Crippen LogP) is 2.91. The average Bonchev–Trinajstić information content (AvgIpc) is 3.16. The van der Waals surface area contributed by atoms with E-state index in [2.05, 4.69) is 35.2 Å². The van der Waals surface area contributed by atoms with Crippen LogP contribution in [0, 0.1) is 0 Å². The standard InChI is InChI=1S/C17H21NO/c19-16-10-14-6-7-15(11-16)18(14)12-17(8-9-17)13-4-2-1-3-5-13/h1-5,14-15H,6-12H2. The summed E-state index contributed by atoms with van der Waals surface area (Å²) in [4.78, 5) is 14.4. The number of rotatable bonds is 3. The Bertz CT molecular complexity index is 475. The highest BCUT2D eigenvalue weighted by atomic mass is 16.1. The van der Waals surface area contributed by atoms with E-state index in [0.29, 0.717) is 23.3 Å². The lowest BCUT2D eigenvalue weighted by Gasteiger charge is -2.37. The van der Waals surface area contributed by atoms with E-state index in [9.17, 15) is 4.79 Å². The molecule has 100 valence electrons. The maximum atomic E-state index is 11.7. The molecule has 3 aliphatic rings. The summed E-state index contributed by atoms with van der Waals surface area (Å²) in [6.45, 7) is 1.18. The van der Waals surface area contributed by atoms with Crippen LogP contribution in [0.3, 0.4) is 0 Å². The topological polar surface area (TPSA) is 20.3 Å². The van der Waals surface area contributed by atoms with Crippen LogP contribution in [0.4, 0.5) is 0 Å². The third-order valence-corrected chi connectivity index (χ3v) is 5.42. The minimum atomic E-state index is 0.405. The Morgan fingerprint density at radius 1 is 1.05 bits per heavy atom. The summed E-state index contributed by atoms with van der Waals surface area (Å²) in [7, 11) is 0. The second-order valence-corrected chi connectivity index (χ2v) is 6.65. The lowest BCUT2D eigenvalue weighted by atomic mass is 9.92. The van der Waals surface area contributed by atoms with Crippen molar-refractivity contribution in [3.63, 3.8) is 0 Å². The van der Waals surface area contributed by atoms with Crippen LogP contribution in [0.15, 0.2) is 30.3 Å². The third kappa shape index (κ3) is 1.93. The molecule has 1 saturated carbocycles. The van der Waals surface area contributed by atoms with E-state index >= 15 is 0 Å². The predicted molar refractivity (Wildman–Crippen MR) is 75.1 cm³/mol. The van der Waals surface area contributed by atoms with Crippen molar-refractivity contribution in [2.45, 2.75) is 56.0 Å². The highest BCUT2D eigenvalue weighted by Crippen LogP contribution is 2.50. The molecule has 2 saturated heterocycles. The fourth-order valence-electron chi connectivity index (χ4n) is 4.15. The van der Waals surface area contributed by atoms with Gasteiger partial charge in [0.2, 0.25) is 0 Å². The molecular weight excluding hydrogens is 234 g/mol. The molecule has 0 N–H and O–H groups in total. The van der Waals surface area contributed by atoms with Gasteiger partial charge in [0.1, 0.15) is 5.78 Å². The lowest BCUT2D eigenvalue weighted by Crippen LogP contribution is -2.46. The van der Waals surface area contributed by atoms with Gasteiger partial charge < -0.3 is 0 Å². The van der Waals surface area contributed by atoms with Gasteiger partial charge in [-0.05, 0) is 31.2 Å². The zero-order valence-corrected chi connectivity index (χ0v) is 11.3. The van der Waals surface area contributed by atoms with Gasteiger partial charge in [-0.1, -0.05) is 30.3 Å². The zero-order chi connectivity index (χ0) is 12.9. The minimum absolute atomic E-state index is 0.405. The highest BCUT2D eigenvalue weighted by molar-refractivity contribution is 5.81. The van der Waals surface area contributed by atoms with Gasteiger partial charge in [-0.25, -0.2) is 0 Å². The Labute approximate surface area is 114 Å². The van der Waals surface area contributed by atoms with Crippen LogP contribution in [0.1, 0.15) is 44.1 Å². The summed E-state index contributed by atoms with van der Waals surface area (Å²) < 4.78 is 0. The van der Waals surface area contributed by atoms with Crippen molar-refractivity contribution in [1.29, 1.82) is 0 Å². The number of hydrogen-bond acceptors (Lipinski definition) is 2. The maximum Gasteiger partial charge on any atom is 0.136 e. The van der Waals surface area contributed by atoms with E-state index in [1.807, 2.05) is 0 Å². The molecule has 2 atom stereocenters. The molecule has 2 bridgehead atoms. The molecular formula is C17H21NO. The fraction of sp³-hybridized carbons (Fsp3) is 0.588. The van der Waals surface area contributed by atoms with Crippen molar-refractivity contribution in [3.05, 3.63) is 35.9 Å². The molecule has 3 fully saturated rings. The molecule has 4 rings (SSSR count). The molecule has 2 aliphatic heterocycles. The summed E-state index contributed by atoms with van der Waals surface area (Å²) in [5.41, 5.74) is 1.91. The number of nitrogens with zero attached hydrogens (tertiary/aromatic N) is 1. The van der Waals surface area contributed by atoms with Crippen LogP contribution in [-0.2, 0) is 10.2 Å². The fourth-order valence-corrected chi connectivity index (χ4v) is 4.15. The van der Waals surface area contributed by atoms with E-state index in [1.54, 1.807) is 0 Å². The molecule has 1 aliphatic carbocycles. The smallest absolute Gasteiger partial charge is 0.136 e. The lowest BCUT2D eigenvalue weighted by molar-refractivity contribution is -0.123. The molecule has 19 heavy (non-hydrogen) atoms. The first-order valence-electron chi connectivity index (χ1n) is 7.60. The normalized spacial score (nSPS) is 32.5. The number of benzene rings is 1. The number of ketones is 1. The van der Waals surface area contributed by atoms with E-state index < -0.39 is 0 Å². The van der Waals surface area contributed by atoms with Gasteiger partial charge in [-0.2, -0.15) is 0 Å². The van der Waals surface area contributed by atoms with Gasteiger partial charge >= 0.3 is 0 Å². The van der Waals surface area contributed by atoms with Gasteiger partial charge in [0.05, 0.1) is 0 Å². The Morgan fingerprint density at radius 2 is 1.68 bits per heavy atom. The Morgan fingerprint density at radius 3 is 2.26 bits per heavy atom. The highest BCUT2D eigenvalue weighted by Gasteiger charge is 2.50. The summed E-state index contributed by atoms with van der Waals surface area (Å²) in [6, 6.07) is 12.1. The van der Waals surface area contributed by atoms with Gasteiger partial charge in [0, 0.05) is 36.9 Å². The largest absolute Gasteiger partial charge is 0.300 e. The van der Waals surface area contributed by atoms with Gasteiger partial charge in [0.15, 0.2) is 0 Å². The maximum absolute atomic E-state index is 11.7. The Balaban J connectivity index is 1.55. The van der Waals surface area contributed by atoms with Crippen LogP contribution in [0.5, 0.6) is 0 Å². The van der Waals surface area contributed by atoms with Crippen molar-refractivity contribution in [3.8, 4) is 0 Å². The molecule has 0 spiro atoms. The number of Topliss-reactive ketones (excluding diaryl/α,β-unsaturated/α-hetero) is 1. The van der Waals surface area contributed by atoms with Crippen molar-refractivity contribution >= 4 is 5.78 Å². The van der Waals surface area contributed by atoms with Gasteiger partial charge in [-0.3, -0.25) is 9.69 Å². The molecule has 2 heteroatoms. The monoisotopic (exact) mass is 255 g/mol. The number of carbonyl (C=O) groups excluding carboxylic acids is 1. The molecule has 2 unspecified atom stereocenters. The summed E-state index contributed by atoms with van der Waals surface area (Å²) in [5, 5.41) is 0. The van der Waals surface area contributed by atoms with E-state index in [1.165, 1.54) is 37.8 Å². The average molecular weight is 255 g/mol. The second-order valence-electron chi connectivity index (χ2n) is 6.65. The first-order chi connectivity index (χ1) is 9.27. The van der Waals surface area contributed by atoms with Crippen molar-refractivity contribution in [2.75, 3.05) is 6.54 Å². The summed E-state index contributed by atoms with van der Waals surface area (Å²) >= 11 is 0. The summed E-state index contributed by atoms with van der Waals surface area (Å²) in [5.74, 6) is 0.494. The van der Waals surface area contributed by atoms with Crippen molar-refractivity contribution in [2.24, 2.45) is 0 Å². The number of hydrogen-bond donors (Lipinski definition) is 0. The first kappa shape index (κ1) is 11.7. The Kier molecular flexibility index (Phi) is 2.56. The summed E-state index contributed by atoms with van der Waals surface area (Å²) in [6.07, 6.45) is 6.73. The molecule has 2 nitrogen and oxygen atoms in total. The number of fused-ring (bicyclic) bond motifs is 2. The van der Waals surface area contributed by atoms with E-state index in [0.717, 1.165) is 12.8 Å².